The fraction of sp³-hybridized carbons (Fsp3) is 0.353. The number of likely N-dealkylation sites (tertiary alicyclic amines) is 1. The second-order valence-electron chi connectivity index (χ2n) is 6.05. The third-order valence-corrected chi connectivity index (χ3v) is 4.39. The lowest BCUT2D eigenvalue weighted by atomic mass is 10.1. The number of hydrogen-bond acceptors (Lipinski definition) is 3. The summed E-state index contributed by atoms with van der Waals surface area (Å²) in [6.07, 6.45) is 10.8. The highest BCUT2D eigenvalue weighted by Gasteiger charge is 2.19. The van der Waals surface area contributed by atoms with Gasteiger partial charge in [0.25, 0.3) is 5.91 Å². The zero-order valence-electron chi connectivity index (χ0n) is 13.1. The number of fused-ring (bicyclic) bond motifs is 1. The van der Waals surface area contributed by atoms with Gasteiger partial charge in [-0.1, -0.05) is 0 Å². The van der Waals surface area contributed by atoms with E-state index in [9.17, 15) is 4.79 Å². The van der Waals surface area contributed by atoms with Gasteiger partial charge in [0.05, 0.1) is 17.4 Å². The number of pyridine rings is 1. The topological polar surface area (TPSA) is 56.0 Å². The molecule has 1 aliphatic heterocycles. The number of amides is 1. The molecule has 0 N–H and O–H groups in total. The standard InChI is InChI=1S/C17H19N5O/c1-20-12-15(11-19-20)22-8-5-13-9-14(10-18-16(13)22)17(23)21-6-3-2-4-7-21/h5,8-12H,2-4,6-7H2,1H3. The Labute approximate surface area is 134 Å². The van der Waals surface area contributed by atoms with E-state index in [1.165, 1.54) is 6.42 Å². The lowest BCUT2D eigenvalue weighted by molar-refractivity contribution is 0.0724. The van der Waals surface area contributed by atoms with Crippen molar-refractivity contribution in [3.63, 3.8) is 0 Å². The zero-order valence-corrected chi connectivity index (χ0v) is 13.1. The van der Waals surface area contributed by atoms with Crippen molar-refractivity contribution in [2.75, 3.05) is 13.1 Å². The maximum Gasteiger partial charge on any atom is 0.255 e. The van der Waals surface area contributed by atoms with E-state index < -0.39 is 0 Å². The molecule has 0 saturated carbocycles. The summed E-state index contributed by atoms with van der Waals surface area (Å²) in [5.41, 5.74) is 2.47. The number of aromatic nitrogens is 4. The van der Waals surface area contributed by atoms with Crippen LogP contribution in [0.5, 0.6) is 0 Å². The fourth-order valence-corrected chi connectivity index (χ4v) is 3.16. The number of rotatable bonds is 2. The third-order valence-electron chi connectivity index (χ3n) is 4.39. The molecule has 0 bridgehead atoms. The minimum absolute atomic E-state index is 0.0910. The molecule has 0 unspecified atom stereocenters. The molecular formula is C17H19N5O. The van der Waals surface area contributed by atoms with Crippen LogP contribution in [0, 0.1) is 0 Å². The molecule has 1 amide bonds. The Kier molecular flexibility index (Phi) is 3.37. The van der Waals surface area contributed by atoms with Crippen LogP contribution in [0.2, 0.25) is 0 Å². The van der Waals surface area contributed by atoms with Crippen molar-refractivity contribution >= 4 is 16.9 Å². The Morgan fingerprint density at radius 3 is 2.74 bits per heavy atom. The Bertz CT molecular complexity index is 857. The first kappa shape index (κ1) is 14.0. The summed E-state index contributed by atoms with van der Waals surface area (Å²) in [6, 6.07) is 3.93. The molecule has 0 spiro atoms. The van der Waals surface area contributed by atoms with E-state index >= 15 is 0 Å². The Hall–Kier alpha value is -2.63. The van der Waals surface area contributed by atoms with Gasteiger partial charge in [-0.25, -0.2) is 4.98 Å². The van der Waals surface area contributed by atoms with Gasteiger partial charge < -0.3 is 4.90 Å². The summed E-state index contributed by atoms with van der Waals surface area (Å²) in [4.78, 5) is 19.0. The van der Waals surface area contributed by atoms with Gasteiger partial charge in [-0.15, -0.1) is 0 Å². The van der Waals surface area contributed by atoms with E-state index in [0.717, 1.165) is 42.7 Å². The van der Waals surface area contributed by atoms with Crippen LogP contribution >= 0.6 is 0 Å². The highest BCUT2D eigenvalue weighted by Crippen LogP contribution is 2.21. The molecule has 23 heavy (non-hydrogen) atoms. The second kappa shape index (κ2) is 5.53. The van der Waals surface area contributed by atoms with Crippen molar-refractivity contribution in [3.8, 4) is 5.69 Å². The van der Waals surface area contributed by atoms with Crippen molar-refractivity contribution < 1.29 is 4.79 Å². The Morgan fingerprint density at radius 2 is 2.00 bits per heavy atom. The molecule has 6 nitrogen and oxygen atoms in total. The summed E-state index contributed by atoms with van der Waals surface area (Å²) in [5.74, 6) is 0.0910. The lowest BCUT2D eigenvalue weighted by Crippen LogP contribution is -2.35. The maximum atomic E-state index is 12.6. The van der Waals surface area contributed by atoms with Crippen LogP contribution in [0.1, 0.15) is 29.6 Å². The molecule has 3 aromatic rings. The number of carbonyl (C=O) groups excluding carboxylic acids is 1. The molecule has 0 radical (unpaired) electrons. The van der Waals surface area contributed by atoms with Crippen molar-refractivity contribution in [1.29, 1.82) is 0 Å². The zero-order chi connectivity index (χ0) is 15.8. The van der Waals surface area contributed by atoms with E-state index in [-0.39, 0.29) is 5.91 Å². The van der Waals surface area contributed by atoms with Gasteiger partial charge in [-0.2, -0.15) is 5.10 Å². The molecule has 6 heteroatoms. The fourth-order valence-electron chi connectivity index (χ4n) is 3.16. The minimum atomic E-state index is 0.0910. The number of piperidine rings is 1. The van der Waals surface area contributed by atoms with E-state index in [2.05, 4.69) is 10.1 Å². The van der Waals surface area contributed by atoms with Gasteiger partial charge >= 0.3 is 0 Å². The SMILES string of the molecule is Cn1cc(-n2ccc3cc(C(=O)N4CCCCC4)cnc32)cn1. The van der Waals surface area contributed by atoms with Crippen LogP contribution in [-0.4, -0.2) is 43.2 Å². The summed E-state index contributed by atoms with van der Waals surface area (Å²) < 4.78 is 3.74. The highest BCUT2D eigenvalue weighted by molar-refractivity contribution is 5.97. The summed E-state index contributed by atoms with van der Waals surface area (Å²) in [6.45, 7) is 1.71. The molecular weight excluding hydrogens is 290 g/mol. The normalized spacial score (nSPS) is 15.3. The molecule has 1 fully saturated rings. The average molecular weight is 309 g/mol. The van der Waals surface area contributed by atoms with Gasteiger partial charge in [-0.3, -0.25) is 14.0 Å². The molecule has 118 valence electrons. The first-order valence-corrected chi connectivity index (χ1v) is 7.98. The number of carbonyl (C=O) groups is 1. The maximum absolute atomic E-state index is 12.6. The second-order valence-corrected chi connectivity index (χ2v) is 6.05. The number of nitrogens with zero attached hydrogens (tertiary/aromatic N) is 5. The largest absolute Gasteiger partial charge is 0.339 e. The minimum Gasteiger partial charge on any atom is -0.339 e. The molecule has 1 saturated heterocycles. The summed E-state index contributed by atoms with van der Waals surface area (Å²) >= 11 is 0. The Morgan fingerprint density at radius 1 is 1.17 bits per heavy atom. The monoisotopic (exact) mass is 309 g/mol. The van der Waals surface area contributed by atoms with E-state index in [1.807, 2.05) is 41.0 Å². The predicted molar refractivity (Wildman–Crippen MR) is 87.6 cm³/mol. The summed E-state index contributed by atoms with van der Waals surface area (Å²) in [7, 11) is 1.89. The molecule has 4 heterocycles. The van der Waals surface area contributed by atoms with Crippen molar-refractivity contribution in [1.82, 2.24) is 24.2 Å². The van der Waals surface area contributed by atoms with Gasteiger partial charge in [0, 0.05) is 44.1 Å². The molecule has 4 rings (SSSR count). The third kappa shape index (κ3) is 2.50. The van der Waals surface area contributed by atoms with Crippen LogP contribution in [0.3, 0.4) is 0 Å². The van der Waals surface area contributed by atoms with Gasteiger partial charge in [-0.05, 0) is 31.4 Å². The van der Waals surface area contributed by atoms with Crippen LogP contribution in [0.25, 0.3) is 16.7 Å². The van der Waals surface area contributed by atoms with Gasteiger partial charge in [0.15, 0.2) is 0 Å². The van der Waals surface area contributed by atoms with Crippen molar-refractivity contribution in [2.45, 2.75) is 19.3 Å². The highest BCUT2D eigenvalue weighted by atomic mass is 16.2. The first-order valence-electron chi connectivity index (χ1n) is 7.98. The average Bonchev–Trinajstić information content (AvgIpc) is 3.20. The van der Waals surface area contributed by atoms with Crippen LogP contribution in [-0.2, 0) is 7.05 Å². The van der Waals surface area contributed by atoms with Crippen LogP contribution in [0.4, 0.5) is 0 Å². The van der Waals surface area contributed by atoms with Crippen molar-refractivity contribution in [3.05, 3.63) is 42.5 Å². The smallest absolute Gasteiger partial charge is 0.255 e. The predicted octanol–water partition coefficient (Wildman–Crippen LogP) is 2.39. The van der Waals surface area contributed by atoms with Crippen molar-refractivity contribution in [2.24, 2.45) is 7.05 Å². The van der Waals surface area contributed by atoms with Crippen LogP contribution in [0.15, 0.2) is 36.9 Å². The first-order chi connectivity index (χ1) is 11.2. The molecule has 1 aliphatic rings. The van der Waals surface area contributed by atoms with E-state index in [0.29, 0.717) is 5.56 Å². The van der Waals surface area contributed by atoms with Crippen LogP contribution < -0.4 is 0 Å². The van der Waals surface area contributed by atoms with Gasteiger partial charge in [0.1, 0.15) is 5.65 Å². The van der Waals surface area contributed by atoms with E-state index in [4.69, 9.17) is 0 Å². The van der Waals surface area contributed by atoms with E-state index in [1.54, 1.807) is 17.1 Å². The number of aryl methyl sites for hydroxylation is 1. The molecule has 0 aliphatic carbocycles. The molecule has 0 aromatic carbocycles. The Balaban J connectivity index is 1.68. The molecule has 3 aromatic heterocycles. The molecule has 0 atom stereocenters. The number of hydrogen-bond donors (Lipinski definition) is 0. The summed E-state index contributed by atoms with van der Waals surface area (Å²) in [5, 5.41) is 5.16. The lowest BCUT2D eigenvalue weighted by Gasteiger charge is -2.26. The quantitative estimate of drug-likeness (QED) is 0.730. The van der Waals surface area contributed by atoms with Gasteiger partial charge in [0.2, 0.25) is 0 Å².